The number of anilines is 1. The van der Waals surface area contributed by atoms with Crippen LogP contribution >= 0.6 is 11.3 Å². The van der Waals surface area contributed by atoms with Crippen molar-refractivity contribution in [3.8, 4) is 0 Å². The summed E-state index contributed by atoms with van der Waals surface area (Å²) in [6.45, 7) is 5.94. The van der Waals surface area contributed by atoms with Gasteiger partial charge in [-0.1, -0.05) is 25.2 Å². The van der Waals surface area contributed by atoms with Gasteiger partial charge >= 0.3 is 5.97 Å². The van der Waals surface area contributed by atoms with Gasteiger partial charge in [0.05, 0.1) is 29.8 Å². The molecule has 1 unspecified atom stereocenters. The number of fused-ring (bicyclic) bond motifs is 1. The van der Waals surface area contributed by atoms with Crippen molar-refractivity contribution in [1.82, 2.24) is 14.8 Å². The molecule has 1 saturated heterocycles. The molecule has 11 heteroatoms. The summed E-state index contributed by atoms with van der Waals surface area (Å²) in [7, 11) is -3.06. The molecule has 2 aromatic rings. The molecule has 4 rings (SSSR count). The van der Waals surface area contributed by atoms with Crippen LogP contribution in [0.15, 0.2) is 0 Å². The van der Waals surface area contributed by atoms with Crippen molar-refractivity contribution >= 4 is 38.2 Å². The van der Waals surface area contributed by atoms with Crippen molar-refractivity contribution in [3.05, 3.63) is 27.5 Å². The third-order valence-corrected chi connectivity index (χ3v) is 8.53. The normalized spacial score (nSPS) is 19.7. The molecule has 0 bridgehead atoms. The van der Waals surface area contributed by atoms with E-state index >= 15 is 0 Å². The standard InChI is InChI=1S/C21H28N4O5S2/c1-12(2)10-30-20(27)18-13(3)22-21(31-18)23-19(26)17-15-6-4-5-7-16(15)25(24-17)14-8-9-32(28,29)11-14/h12,14H,4-11H2,1-3H3,(H,22,23,26). The van der Waals surface area contributed by atoms with Gasteiger partial charge in [-0.2, -0.15) is 5.10 Å². The van der Waals surface area contributed by atoms with E-state index in [1.54, 1.807) is 11.6 Å². The van der Waals surface area contributed by atoms with Gasteiger partial charge in [0, 0.05) is 11.3 Å². The van der Waals surface area contributed by atoms with Crippen molar-refractivity contribution in [1.29, 1.82) is 0 Å². The quantitative estimate of drug-likeness (QED) is 0.631. The summed E-state index contributed by atoms with van der Waals surface area (Å²) in [5.41, 5.74) is 2.68. The van der Waals surface area contributed by atoms with Crippen LogP contribution in [0.25, 0.3) is 0 Å². The average Bonchev–Trinajstić information content (AvgIpc) is 3.40. The van der Waals surface area contributed by atoms with E-state index in [4.69, 9.17) is 4.74 Å². The van der Waals surface area contributed by atoms with E-state index in [1.165, 1.54) is 0 Å². The number of carbonyl (C=O) groups is 2. The van der Waals surface area contributed by atoms with Crippen LogP contribution < -0.4 is 5.32 Å². The molecule has 1 atom stereocenters. The zero-order valence-electron chi connectivity index (χ0n) is 18.5. The number of nitrogens with zero attached hydrogens (tertiary/aromatic N) is 3. The van der Waals surface area contributed by atoms with Crippen molar-refractivity contribution in [2.24, 2.45) is 5.92 Å². The summed E-state index contributed by atoms with van der Waals surface area (Å²) >= 11 is 1.08. The molecular weight excluding hydrogens is 452 g/mol. The van der Waals surface area contributed by atoms with Gasteiger partial charge in [-0.3, -0.25) is 14.8 Å². The van der Waals surface area contributed by atoms with Crippen LogP contribution in [-0.4, -0.2) is 53.2 Å². The fourth-order valence-corrected chi connectivity index (χ4v) is 6.73. The Labute approximate surface area is 191 Å². The second-order valence-corrected chi connectivity index (χ2v) is 12.1. The minimum atomic E-state index is -3.06. The third-order valence-electron chi connectivity index (χ3n) is 5.73. The van der Waals surface area contributed by atoms with E-state index in [-0.39, 0.29) is 23.5 Å². The molecule has 2 aromatic heterocycles. The summed E-state index contributed by atoms with van der Waals surface area (Å²) in [4.78, 5) is 30.1. The topological polar surface area (TPSA) is 120 Å². The minimum Gasteiger partial charge on any atom is -0.461 e. The van der Waals surface area contributed by atoms with Gasteiger partial charge in [0.15, 0.2) is 20.7 Å². The highest BCUT2D eigenvalue weighted by molar-refractivity contribution is 7.91. The molecule has 1 aliphatic carbocycles. The molecule has 174 valence electrons. The Kier molecular flexibility index (Phi) is 6.39. The molecule has 0 aromatic carbocycles. The van der Waals surface area contributed by atoms with Crippen LogP contribution in [0.3, 0.4) is 0 Å². The molecule has 1 N–H and O–H groups in total. The summed E-state index contributed by atoms with van der Waals surface area (Å²) in [5.74, 6) is -0.392. The minimum absolute atomic E-state index is 0.0652. The molecule has 0 spiro atoms. The lowest BCUT2D eigenvalue weighted by atomic mass is 9.95. The number of aromatic nitrogens is 3. The fourth-order valence-electron chi connectivity index (χ4n) is 4.18. The first kappa shape index (κ1) is 22.9. The molecule has 3 heterocycles. The second kappa shape index (κ2) is 8.93. The summed E-state index contributed by atoms with van der Waals surface area (Å²) in [5, 5.41) is 7.66. The van der Waals surface area contributed by atoms with E-state index in [9.17, 15) is 18.0 Å². The first-order chi connectivity index (χ1) is 15.1. The monoisotopic (exact) mass is 480 g/mol. The van der Waals surface area contributed by atoms with Gasteiger partial charge < -0.3 is 4.74 Å². The molecular formula is C21H28N4O5S2. The van der Waals surface area contributed by atoms with Crippen molar-refractivity contribution in [2.45, 2.75) is 58.9 Å². The Morgan fingerprint density at radius 1 is 1.28 bits per heavy atom. The van der Waals surface area contributed by atoms with Crippen LogP contribution in [0.2, 0.25) is 0 Å². The maximum absolute atomic E-state index is 13.1. The third kappa shape index (κ3) is 4.73. The number of aryl methyl sites for hydroxylation is 1. The number of esters is 1. The van der Waals surface area contributed by atoms with Gasteiger partial charge in [-0.05, 0) is 44.9 Å². The van der Waals surface area contributed by atoms with Gasteiger partial charge in [0.2, 0.25) is 0 Å². The van der Waals surface area contributed by atoms with E-state index in [0.717, 1.165) is 48.3 Å². The van der Waals surface area contributed by atoms with E-state index in [0.29, 0.717) is 34.4 Å². The van der Waals surface area contributed by atoms with Gasteiger partial charge in [0.25, 0.3) is 5.91 Å². The van der Waals surface area contributed by atoms with E-state index in [1.807, 2.05) is 13.8 Å². The molecule has 1 amide bonds. The van der Waals surface area contributed by atoms with E-state index in [2.05, 4.69) is 15.4 Å². The number of rotatable bonds is 6. The first-order valence-electron chi connectivity index (χ1n) is 10.9. The van der Waals surface area contributed by atoms with Crippen molar-refractivity contribution in [2.75, 3.05) is 23.4 Å². The molecule has 2 aliphatic rings. The number of nitrogens with one attached hydrogen (secondary N) is 1. The highest BCUT2D eigenvalue weighted by Crippen LogP contribution is 2.32. The van der Waals surface area contributed by atoms with Gasteiger partial charge in [-0.25, -0.2) is 18.2 Å². The van der Waals surface area contributed by atoms with Gasteiger partial charge in [0.1, 0.15) is 4.88 Å². The highest BCUT2D eigenvalue weighted by atomic mass is 32.2. The summed E-state index contributed by atoms with van der Waals surface area (Å²) < 4.78 is 31.0. The first-order valence-corrected chi connectivity index (χ1v) is 13.5. The Bertz CT molecular complexity index is 1150. The molecule has 0 radical (unpaired) electrons. The number of sulfone groups is 1. The predicted molar refractivity (Wildman–Crippen MR) is 121 cm³/mol. The maximum Gasteiger partial charge on any atom is 0.350 e. The van der Waals surface area contributed by atoms with Crippen LogP contribution in [0.4, 0.5) is 5.13 Å². The number of amides is 1. The lowest BCUT2D eigenvalue weighted by Crippen LogP contribution is -2.17. The Morgan fingerprint density at radius 2 is 2.03 bits per heavy atom. The largest absolute Gasteiger partial charge is 0.461 e. The zero-order chi connectivity index (χ0) is 23.0. The molecule has 9 nitrogen and oxygen atoms in total. The molecule has 1 fully saturated rings. The van der Waals surface area contributed by atoms with E-state index < -0.39 is 21.7 Å². The number of ether oxygens (including phenoxy) is 1. The average molecular weight is 481 g/mol. The molecule has 0 saturated carbocycles. The Morgan fingerprint density at radius 3 is 2.72 bits per heavy atom. The second-order valence-electron chi connectivity index (χ2n) is 8.86. The number of hydrogen-bond donors (Lipinski definition) is 1. The predicted octanol–water partition coefficient (Wildman–Crippen LogP) is 2.95. The van der Waals surface area contributed by atoms with Crippen LogP contribution in [0.5, 0.6) is 0 Å². The zero-order valence-corrected chi connectivity index (χ0v) is 20.1. The van der Waals surface area contributed by atoms with Gasteiger partial charge in [-0.15, -0.1) is 0 Å². The number of hydrogen-bond acceptors (Lipinski definition) is 8. The number of carbonyl (C=O) groups excluding carboxylic acids is 2. The maximum atomic E-state index is 13.1. The lowest BCUT2D eigenvalue weighted by molar-refractivity contribution is 0.0463. The van der Waals surface area contributed by atoms with Crippen LogP contribution in [-0.2, 0) is 27.4 Å². The summed E-state index contributed by atoms with van der Waals surface area (Å²) in [6.07, 6.45) is 4.00. The summed E-state index contributed by atoms with van der Waals surface area (Å²) in [6, 6.07) is -0.224. The number of thiazole rings is 1. The Balaban J connectivity index is 1.55. The Hall–Kier alpha value is -2.27. The fraction of sp³-hybridized carbons (Fsp3) is 0.619. The van der Waals surface area contributed by atoms with Crippen molar-refractivity contribution < 1.29 is 22.7 Å². The molecule has 1 aliphatic heterocycles. The van der Waals surface area contributed by atoms with Crippen molar-refractivity contribution in [3.63, 3.8) is 0 Å². The SMILES string of the molecule is Cc1nc(NC(=O)c2nn(C3CCS(=O)(=O)C3)c3c2CCCC3)sc1C(=O)OCC(C)C. The molecule has 32 heavy (non-hydrogen) atoms. The lowest BCUT2D eigenvalue weighted by Gasteiger charge is -2.17. The van der Waals surface area contributed by atoms with Crippen LogP contribution in [0, 0.1) is 12.8 Å². The van der Waals surface area contributed by atoms with Crippen LogP contribution in [0.1, 0.15) is 76.3 Å². The highest BCUT2D eigenvalue weighted by Gasteiger charge is 2.34. The smallest absolute Gasteiger partial charge is 0.350 e.